The number of benzene rings is 2. The van der Waals surface area contributed by atoms with Crippen molar-refractivity contribution in [2.75, 3.05) is 4.90 Å². The van der Waals surface area contributed by atoms with Gasteiger partial charge in [0.1, 0.15) is 22.6 Å². The predicted molar refractivity (Wildman–Crippen MR) is 164 cm³/mol. The molecule has 3 aromatic heterocycles. The Bertz CT molecular complexity index is 2010. The predicted octanol–water partition coefficient (Wildman–Crippen LogP) is 5.00. The number of carbonyl (C=O) groups excluding carboxylic acids is 1. The lowest BCUT2D eigenvalue weighted by atomic mass is 10.2. The summed E-state index contributed by atoms with van der Waals surface area (Å²) in [6.45, 7) is 3.61. The van der Waals surface area contributed by atoms with Crippen molar-refractivity contribution < 1.29 is 9.53 Å². The van der Waals surface area contributed by atoms with Gasteiger partial charge in [-0.15, -0.1) is 0 Å². The molecule has 1 aliphatic rings. The third-order valence-electron chi connectivity index (χ3n) is 6.82. The Morgan fingerprint density at radius 3 is 2.29 bits per heavy atom. The molecule has 0 aliphatic carbocycles. The van der Waals surface area contributed by atoms with Gasteiger partial charge in [0.25, 0.3) is 17.0 Å². The van der Waals surface area contributed by atoms with Crippen LogP contribution >= 0.6 is 24.0 Å². The van der Waals surface area contributed by atoms with Gasteiger partial charge in [-0.3, -0.25) is 28.4 Å². The first kappa shape index (κ1) is 26.5. The third kappa shape index (κ3) is 4.48. The second-order valence-corrected chi connectivity index (χ2v) is 11.0. The number of amides is 1. The molecule has 0 bridgehead atoms. The SMILES string of the molecule is Cc1cccn2c(=O)c(/C=C3/SC(=S)N(c4c(C)n(C)n(-c5ccccc5)c4=O)C3=O)c(Oc3ccccc3)nc12. The minimum absolute atomic E-state index is 0.0584. The van der Waals surface area contributed by atoms with Crippen molar-refractivity contribution in [1.29, 1.82) is 0 Å². The van der Waals surface area contributed by atoms with Crippen molar-refractivity contribution in [3.05, 3.63) is 121 Å². The number of thiocarbonyl (C=S) groups is 1. The zero-order chi connectivity index (χ0) is 28.8. The number of rotatable bonds is 5. The molecule has 1 amide bonds. The van der Waals surface area contributed by atoms with E-state index in [1.165, 1.54) is 20.1 Å². The topological polar surface area (TPSA) is 90.8 Å². The van der Waals surface area contributed by atoms with Gasteiger partial charge in [-0.25, -0.2) is 4.68 Å². The first-order chi connectivity index (χ1) is 19.8. The molecule has 5 aromatic rings. The van der Waals surface area contributed by atoms with Crippen LogP contribution in [0.1, 0.15) is 16.8 Å². The molecule has 0 unspecified atom stereocenters. The quantitative estimate of drug-likeness (QED) is 0.213. The van der Waals surface area contributed by atoms with Crippen LogP contribution in [-0.4, -0.2) is 29.0 Å². The lowest BCUT2D eigenvalue weighted by Crippen LogP contribution is -2.33. The molecule has 1 aliphatic heterocycles. The molecular formula is C30H23N5O4S2. The highest BCUT2D eigenvalue weighted by molar-refractivity contribution is 8.27. The standard InChI is InChI=1S/C30H23N5O4S2/c1-18-11-10-16-33-25(18)31-26(39-21-14-8-5-9-15-21)22(27(33)36)17-23-28(37)34(30(40)41-23)24-19(2)32(3)35(29(24)38)20-12-6-4-7-13-20/h4-17H,1-3H3/b23-17+. The molecular weight excluding hydrogens is 558 g/mol. The first-order valence-corrected chi connectivity index (χ1v) is 13.9. The highest BCUT2D eigenvalue weighted by Gasteiger charge is 2.38. The van der Waals surface area contributed by atoms with Gasteiger partial charge in [0.05, 0.1) is 16.3 Å². The van der Waals surface area contributed by atoms with Gasteiger partial charge in [0, 0.05) is 13.2 Å². The number of para-hydroxylation sites is 2. The Kier molecular flexibility index (Phi) is 6.68. The summed E-state index contributed by atoms with van der Waals surface area (Å²) in [6, 6.07) is 21.7. The van der Waals surface area contributed by atoms with Crippen molar-refractivity contribution in [2.24, 2.45) is 7.05 Å². The molecule has 1 saturated heterocycles. The number of pyridine rings is 1. The number of nitrogens with zero attached hydrogens (tertiary/aromatic N) is 5. The third-order valence-corrected chi connectivity index (χ3v) is 8.13. The molecule has 4 heterocycles. The van der Waals surface area contributed by atoms with Crippen LogP contribution in [0.3, 0.4) is 0 Å². The minimum Gasteiger partial charge on any atom is -0.438 e. The number of fused-ring (bicyclic) bond motifs is 1. The number of hydrogen-bond donors (Lipinski definition) is 0. The Labute approximate surface area is 243 Å². The van der Waals surface area contributed by atoms with E-state index in [0.29, 0.717) is 22.8 Å². The summed E-state index contributed by atoms with van der Waals surface area (Å²) in [6.07, 6.45) is 3.06. The molecule has 1 fully saturated rings. The Morgan fingerprint density at radius 1 is 0.902 bits per heavy atom. The van der Waals surface area contributed by atoms with E-state index in [9.17, 15) is 14.4 Å². The fourth-order valence-electron chi connectivity index (χ4n) is 4.70. The van der Waals surface area contributed by atoms with Crippen molar-refractivity contribution >= 4 is 51.6 Å². The van der Waals surface area contributed by atoms with E-state index in [1.807, 2.05) is 61.5 Å². The average Bonchev–Trinajstić information content (AvgIpc) is 3.36. The maximum Gasteiger partial charge on any atom is 0.296 e. The number of aryl methyl sites for hydroxylation is 1. The van der Waals surface area contributed by atoms with Crippen molar-refractivity contribution in [3.8, 4) is 17.3 Å². The number of thioether (sulfide) groups is 1. The zero-order valence-corrected chi connectivity index (χ0v) is 23.9. The summed E-state index contributed by atoms with van der Waals surface area (Å²) in [5.41, 5.74) is 1.90. The zero-order valence-electron chi connectivity index (χ0n) is 22.3. The summed E-state index contributed by atoms with van der Waals surface area (Å²) >= 11 is 6.60. The lowest BCUT2D eigenvalue weighted by Gasteiger charge is -2.13. The highest BCUT2D eigenvalue weighted by Crippen LogP contribution is 2.37. The van der Waals surface area contributed by atoms with Gasteiger partial charge in [-0.2, -0.15) is 4.98 Å². The van der Waals surface area contributed by atoms with Gasteiger partial charge in [-0.1, -0.05) is 66.4 Å². The van der Waals surface area contributed by atoms with Crippen LogP contribution in [0, 0.1) is 13.8 Å². The summed E-state index contributed by atoms with van der Waals surface area (Å²) < 4.78 is 10.8. The van der Waals surface area contributed by atoms with Crippen LogP contribution in [-0.2, 0) is 11.8 Å². The smallest absolute Gasteiger partial charge is 0.296 e. The molecule has 0 N–H and O–H groups in total. The van der Waals surface area contributed by atoms with Crippen molar-refractivity contribution in [2.45, 2.75) is 13.8 Å². The molecule has 2 aromatic carbocycles. The molecule has 0 radical (unpaired) electrons. The molecule has 204 valence electrons. The summed E-state index contributed by atoms with van der Waals surface area (Å²) in [7, 11) is 1.75. The van der Waals surface area contributed by atoms with Gasteiger partial charge >= 0.3 is 0 Å². The normalized spacial score (nSPS) is 14.4. The summed E-state index contributed by atoms with van der Waals surface area (Å²) in [4.78, 5) is 47.2. The van der Waals surface area contributed by atoms with Gasteiger partial charge < -0.3 is 4.74 Å². The molecule has 41 heavy (non-hydrogen) atoms. The van der Waals surface area contributed by atoms with Gasteiger partial charge in [-0.05, 0) is 55.8 Å². The molecule has 11 heteroatoms. The number of carbonyl (C=O) groups is 1. The minimum atomic E-state index is -0.509. The highest BCUT2D eigenvalue weighted by atomic mass is 32.2. The second-order valence-electron chi connectivity index (χ2n) is 9.36. The van der Waals surface area contributed by atoms with E-state index in [-0.39, 0.29) is 31.9 Å². The largest absolute Gasteiger partial charge is 0.438 e. The lowest BCUT2D eigenvalue weighted by molar-refractivity contribution is -0.113. The first-order valence-electron chi connectivity index (χ1n) is 12.6. The number of anilines is 1. The van der Waals surface area contributed by atoms with Crippen LogP contribution in [0.4, 0.5) is 5.69 Å². The van der Waals surface area contributed by atoms with Gasteiger partial charge in [0.15, 0.2) is 4.32 Å². The van der Waals surface area contributed by atoms with E-state index in [4.69, 9.17) is 17.0 Å². The van der Waals surface area contributed by atoms with Crippen LogP contribution in [0.15, 0.2) is 93.5 Å². The van der Waals surface area contributed by atoms with Crippen LogP contribution in [0.25, 0.3) is 17.4 Å². The van der Waals surface area contributed by atoms with E-state index in [0.717, 1.165) is 17.3 Å². The van der Waals surface area contributed by atoms with Crippen LogP contribution in [0.5, 0.6) is 11.6 Å². The van der Waals surface area contributed by atoms with Gasteiger partial charge in [0.2, 0.25) is 5.88 Å². The number of hydrogen-bond acceptors (Lipinski definition) is 7. The monoisotopic (exact) mass is 581 g/mol. The van der Waals surface area contributed by atoms with E-state index < -0.39 is 11.5 Å². The summed E-state index contributed by atoms with van der Waals surface area (Å²) in [5.74, 6) is 0.0365. The van der Waals surface area contributed by atoms with Crippen molar-refractivity contribution in [3.63, 3.8) is 0 Å². The Hall–Kier alpha value is -4.74. The maximum atomic E-state index is 13.8. The van der Waals surface area contributed by atoms with Crippen LogP contribution < -0.4 is 20.8 Å². The van der Waals surface area contributed by atoms with Crippen LogP contribution in [0.2, 0.25) is 0 Å². The molecule has 0 spiro atoms. The van der Waals surface area contributed by atoms with E-state index in [1.54, 1.807) is 43.0 Å². The fraction of sp³-hybridized carbons (Fsp3) is 0.100. The Morgan fingerprint density at radius 2 is 1.59 bits per heavy atom. The number of ether oxygens (including phenoxy) is 1. The van der Waals surface area contributed by atoms with E-state index in [2.05, 4.69) is 4.98 Å². The fourth-order valence-corrected chi connectivity index (χ4v) is 5.95. The van der Waals surface area contributed by atoms with Crippen molar-refractivity contribution in [1.82, 2.24) is 18.7 Å². The molecule has 0 saturated carbocycles. The number of aromatic nitrogens is 4. The maximum absolute atomic E-state index is 13.8. The van der Waals surface area contributed by atoms with E-state index >= 15 is 0 Å². The second kappa shape index (κ2) is 10.3. The molecule has 0 atom stereocenters. The Balaban J connectivity index is 1.48. The average molecular weight is 582 g/mol. The summed E-state index contributed by atoms with van der Waals surface area (Å²) in [5, 5.41) is 0. The molecule has 9 nitrogen and oxygen atoms in total. The molecule has 6 rings (SSSR count).